The number of aromatic nitrogens is 3. The van der Waals surface area contributed by atoms with Gasteiger partial charge < -0.3 is 9.42 Å². The molecule has 0 saturated carbocycles. The lowest BCUT2D eigenvalue weighted by atomic mass is 10.2. The number of halogens is 4. The molecule has 1 saturated heterocycles. The Kier molecular flexibility index (Phi) is 5.92. The van der Waals surface area contributed by atoms with Crippen LogP contribution < -0.4 is 4.90 Å². The van der Waals surface area contributed by atoms with Crippen molar-refractivity contribution in [1.29, 1.82) is 0 Å². The van der Waals surface area contributed by atoms with Gasteiger partial charge in [-0.2, -0.15) is 18.2 Å². The van der Waals surface area contributed by atoms with Crippen LogP contribution in [0.15, 0.2) is 47.1 Å². The highest BCUT2D eigenvalue weighted by atomic mass is 35.5. The largest absolute Gasteiger partial charge is 0.417 e. The van der Waals surface area contributed by atoms with E-state index in [1.54, 1.807) is 12.1 Å². The number of alkyl halides is 3. The molecule has 3 aromatic rings. The van der Waals surface area contributed by atoms with Gasteiger partial charge in [-0.3, -0.25) is 4.90 Å². The third-order valence-electron chi connectivity index (χ3n) is 4.92. The lowest BCUT2D eigenvalue weighted by Gasteiger charge is -2.22. The minimum Gasteiger partial charge on any atom is -0.355 e. The third kappa shape index (κ3) is 4.91. The van der Waals surface area contributed by atoms with Crippen LogP contribution in [-0.2, 0) is 12.7 Å². The van der Waals surface area contributed by atoms with Crippen LogP contribution in [0, 0.1) is 0 Å². The molecular formula is C20H19ClF3N5O. The molecule has 1 aliphatic heterocycles. The minimum absolute atomic E-state index is 0.507. The summed E-state index contributed by atoms with van der Waals surface area (Å²) in [5, 5.41) is 4.67. The van der Waals surface area contributed by atoms with E-state index in [0.717, 1.165) is 30.8 Å². The number of hydrogen-bond acceptors (Lipinski definition) is 6. The van der Waals surface area contributed by atoms with Crippen molar-refractivity contribution in [3.8, 4) is 11.4 Å². The van der Waals surface area contributed by atoms with Crippen molar-refractivity contribution in [2.24, 2.45) is 0 Å². The Morgan fingerprint density at radius 1 is 1.00 bits per heavy atom. The van der Waals surface area contributed by atoms with E-state index in [2.05, 4.69) is 20.0 Å². The molecule has 0 unspecified atom stereocenters. The molecule has 1 aromatic carbocycles. The van der Waals surface area contributed by atoms with Crippen LogP contribution in [0.1, 0.15) is 17.9 Å². The highest BCUT2D eigenvalue weighted by Gasteiger charge is 2.31. The van der Waals surface area contributed by atoms with Crippen LogP contribution >= 0.6 is 11.6 Å². The number of benzene rings is 1. The summed E-state index contributed by atoms with van der Waals surface area (Å²) in [6.45, 7) is 3.40. The molecule has 0 bridgehead atoms. The molecule has 10 heteroatoms. The molecule has 3 heterocycles. The number of hydrogen-bond donors (Lipinski definition) is 0. The summed E-state index contributed by atoms with van der Waals surface area (Å²) in [5.41, 5.74) is 0.0837. The zero-order chi connectivity index (χ0) is 21.1. The maximum Gasteiger partial charge on any atom is 0.417 e. The summed E-state index contributed by atoms with van der Waals surface area (Å²) >= 11 is 5.90. The second kappa shape index (κ2) is 8.61. The summed E-state index contributed by atoms with van der Waals surface area (Å²) in [6.07, 6.45) is -2.65. The minimum atomic E-state index is -4.38. The monoisotopic (exact) mass is 437 g/mol. The Morgan fingerprint density at radius 2 is 1.80 bits per heavy atom. The van der Waals surface area contributed by atoms with Crippen LogP contribution in [0.25, 0.3) is 11.4 Å². The molecule has 0 amide bonds. The fourth-order valence-electron chi connectivity index (χ4n) is 3.33. The summed E-state index contributed by atoms with van der Waals surface area (Å²) in [5.74, 6) is 1.57. The van der Waals surface area contributed by atoms with Gasteiger partial charge in [0.1, 0.15) is 5.82 Å². The molecule has 0 N–H and O–H groups in total. The van der Waals surface area contributed by atoms with E-state index in [-0.39, 0.29) is 0 Å². The van der Waals surface area contributed by atoms with Gasteiger partial charge in [-0.25, -0.2) is 4.98 Å². The predicted molar refractivity (Wildman–Crippen MR) is 106 cm³/mol. The average Bonchev–Trinajstić information content (AvgIpc) is 3.06. The first-order valence-corrected chi connectivity index (χ1v) is 9.85. The van der Waals surface area contributed by atoms with E-state index in [1.165, 1.54) is 6.07 Å². The highest BCUT2D eigenvalue weighted by molar-refractivity contribution is 6.30. The zero-order valence-electron chi connectivity index (χ0n) is 15.9. The van der Waals surface area contributed by atoms with Crippen LogP contribution in [0.2, 0.25) is 5.02 Å². The van der Waals surface area contributed by atoms with Gasteiger partial charge in [-0.1, -0.05) is 16.8 Å². The predicted octanol–water partition coefficient (Wildman–Crippen LogP) is 4.52. The lowest BCUT2D eigenvalue weighted by molar-refractivity contribution is -0.137. The fraction of sp³-hybridized carbons (Fsp3) is 0.350. The molecule has 0 radical (unpaired) electrons. The summed E-state index contributed by atoms with van der Waals surface area (Å²) in [4.78, 5) is 12.6. The van der Waals surface area contributed by atoms with E-state index in [9.17, 15) is 13.2 Å². The van der Waals surface area contributed by atoms with Gasteiger partial charge in [-0.15, -0.1) is 0 Å². The molecule has 158 valence electrons. The zero-order valence-corrected chi connectivity index (χ0v) is 16.7. The van der Waals surface area contributed by atoms with Crippen LogP contribution in [-0.4, -0.2) is 46.2 Å². The van der Waals surface area contributed by atoms with Crippen molar-refractivity contribution in [1.82, 2.24) is 20.0 Å². The number of anilines is 1. The van der Waals surface area contributed by atoms with E-state index < -0.39 is 11.7 Å². The number of nitrogens with zero attached hydrogens (tertiary/aromatic N) is 5. The molecule has 1 aliphatic rings. The Balaban J connectivity index is 1.36. The van der Waals surface area contributed by atoms with Gasteiger partial charge in [0.15, 0.2) is 0 Å². The van der Waals surface area contributed by atoms with Gasteiger partial charge in [0, 0.05) is 43.0 Å². The van der Waals surface area contributed by atoms with Crippen LogP contribution in [0.5, 0.6) is 0 Å². The summed E-state index contributed by atoms with van der Waals surface area (Å²) < 4.78 is 43.6. The third-order valence-corrected chi connectivity index (χ3v) is 5.17. The van der Waals surface area contributed by atoms with E-state index in [0.29, 0.717) is 48.7 Å². The molecule has 0 spiro atoms. The maximum atomic E-state index is 12.7. The second-order valence-corrected chi connectivity index (χ2v) is 7.47. The molecule has 1 fully saturated rings. The van der Waals surface area contributed by atoms with Crippen LogP contribution in [0.3, 0.4) is 0 Å². The van der Waals surface area contributed by atoms with Gasteiger partial charge in [-0.05, 0) is 42.8 Å². The Morgan fingerprint density at radius 3 is 2.50 bits per heavy atom. The standard InChI is InChI=1S/C20H19ClF3N5O/c21-16-5-2-14(3-6-16)19-26-18(30-27-19)13-28-8-1-9-29(11-10-28)17-7-4-15(12-25-17)20(22,23)24/h2-7,12H,1,8-11,13H2. The smallest absolute Gasteiger partial charge is 0.355 e. The lowest BCUT2D eigenvalue weighted by Crippen LogP contribution is -2.31. The Labute approximate surface area is 176 Å². The average molecular weight is 438 g/mol. The van der Waals surface area contributed by atoms with Gasteiger partial charge >= 0.3 is 6.18 Å². The first-order valence-electron chi connectivity index (χ1n) is 9.47. The van der Waals surface area contributed by atoms with Gasteiger partial charge in [0.05, 0.1) is 12.1 Å². The quantitative estimate of drug-likeness (QED) is 0.598. The van der Waals surface area contributed by atoms with Crippen molar-refractivity contribution >= 4 is 17.4 Å². The molecular weight excluding hydrogens is 419 g/mol. The van der Waals surface area contributed by atoms with E-state index in [4.69, 9.17) is 16.1 Å². The first-order chi connectivity index (χ1) is 14.4. The van der Waals surface area contributed by atoms with Crippen molar-refractivity contribution in [2.75, 3.05) is 31.1 Å². The normalized spacial score (nSPS) is 15.9. The van der Waals surface area contributed by atoms with E-state index >= 15 is 0 Å². The van der Waals surface area contributed by atoms with Crippen molar-refractivity contribution in [3.05, 3.63) is 59.1 Å². The van der Waals surface area contributed by atoms with Crippen molar-refractivity contribution in [3.63, 3.8) is 0 Å². The van der Waals surface area contributed by atoms with Crippen LogP contribution in [0.4, 0.5) is 19.0 Å². The maximum absolute atomic E-state index is 12.7. The highest BCUT2D eigenvalue weighted by Crippen LogP contribution is 2.29. The molecule has 6 nitrogen and oxygen atoms in total. The fourth-order valence-corrected chi connectivity index (χ4v) is 3.45. The molecule has 0 atom stereocenters. The Hall–Kier alpha value is -2.65. The number of rotatable bonds is 4. The topological polar surface area (TPSA) is 58.3 Å². The molecule has 30 heavy (non-hydrogen) atoms. The summed E-state index contributed by atoms with van der Waals surface area (Å²) in [6, 6.07) is 9.70. The van der Waals surface area contributed by atoms with Crippen molar-refractivity contribution < 1.29 is 17.7 Å². The van der Waals surface area contributed by atoms with Crippen molar-refractivity contribution in [2.45, 2.75) is 19.1 Å². The Bertz CT molecular complexity index is 975. The SMILES string of the molecule is FC(F)(F)c1ccc(N2CCCN(Cc3nc(-c4ccc(Cl)cc4)no3)CC2)nc1. The summed E-state index contributed by atoms with van der Waals surface area (Å²) in [7, 11) is 0. The molecule has 4 rings (SSSR count). The first kappa shape index (κ1) is 20.6. The van der Waals surface area contributed by atoms with Gasteiger partial charge in [0.25, 0.3) is 0 Å². The molecule has 2 aromatic heterocycles. The van der Waals surface area contributed by atoms with Gasteiger partial charge in [0.2, 0.25) is 11.7 Å². The molecule has 0 aliphatic carbocycles. The second-order valence-electron chi connectivity index (χ2n) is 7.04. The van der Waals surface area contributed by atoms with E-state index in [1.807, 2.05) is 17.0 Å². The number of pyridine rings is 1.